The SMILES string of the molecule is CC(NCCc1ccc(Cl)cc1Cl)C(N)=NO. The van der Waals surface area contributed by atoms with Crippen LogP contribution in [-0.4, -0.2) is 23.6 Å². The molecule has 17 heavy (non-hydrogen) atoms. The van der Waals surface area contributed by atoms with E-state index in [2.05, 4.69) is 10.5 Å². The predicted octanol–water partition coefficient (Wildman–Crippen LogP) is 2.26. The Balaban J connectivity index is 2.46. The number of hydrogen-bond acceptors (Lipinski definition) is 3. The van der Waals surface area contributed by atoms with Crippen LogP contribution in [0.2, 0.25) is 10.0 Å². The maximum absolute atomic E-state index is 8.48. The van der Waals surface area contributed by atoms with Gasteiger partial charge in [-0.2, -0.15) is 0 Å². The standard InChI is InChI=1S/C11H15Cl2N3O/c1-7(11(14)16-17)15-5-4-8-2-3-9(12)6-10(8)13/h2-3,6-7,15,17H,4-5H2,1H3,(H2,14,16). The number of nitrogens with two attached hydrogens (primary N) is 1. The Bertz CT molecular complexity index is 410. The largest absolute Gasteiger partial charge is 0.409 e. The molecule has 0 saturated heterocycles. The zero-order valence-electron chi connectivity index (χ0n) is 9.45. The van der Waals surface area contributed by atoms with Crippen LogP contribution in [0, 0.1) is 0 Å². The molecule has 0 aromatic heterocycles. The lowest BCUT2D eigenvalue weighted by Gasteiger charge is -2.12. The second kappa shape index (κ2) is 6.69. The van der Waals surface area contributed by atoms with Crippen molar-refractivity contribution in [1.29, 1.82) is 0 Å². The molecule has 0 fully saturated rings. The number of rotatable bonds is 5. The second-order valence-electron chi connectivity index (χ2n) is 3.69. The minimum Gasteiger partial charge on any atom is -0.409 e. The molecule has 0 radical (unpaired) electrons. The highest BCUT2D eigenvalue weighted by atomic mass is 35.5. The molecular weight excluding hydrogens is 261 g/mol. The zero-order chi connectivity index (χ0) is 12.8. The van der Waals surface area contributed by atoms with E-state index in [1.807, 2.05) is 13.0 Å². The van der Waals surface area contributed by atoms with E-state index in [4.69, 9.17) is 34.1 Å². The molecule has 94 valence electrons. The topological polar surface area (TPSA) is 70.6 Å². The molecule has 0 aliphatic heterocycles. The van der Waals surface area contributed by atoms with Gasteiger partial charge in [0, 0.05) is 10.0 Å². The number of nitrogens with one attached hydrogen (secondary N) is 1. The summed E-state index contributed by atoms with van der Waals surface area (Å²) in [6, 6.07) is 5.23. The first-order valence-corrected chi connectivity index (χ1v) is 5.95. The minimum atomic E-state index is -0.175. The summed E-state index contributed by atoms with van der Waals surface area (Å²) in [5.41, 5.74) is 6.45. The third-order valence-corrected chi connectivity index (χ3v) is 3.01. The smallest absolute Gasteiger partial charge is 0.156 e. The van der Waals surface area contributed by atoms with Crippen LogP contribution in [0.1, 0.15) is 12.5 Å². The van der Waals surface area contributed by atoms with Crippen molar-refractivity contribution in [3.63, 3.8) is 0 Å². The van der Waals surface area contributed by atoms with Crippen molar-refractivity contribution in [1.82, 2.24) is 5.32 Å². The molecule has 4 nitrogen and oxygen atoms in total. The Labute approximate surface area is 110 Å². The fraction of sp³-hybridized carbons (Fsp3) is 0.364. The van der Waals surface area contributed by atoms with E-state index in [9.17, 15) is 0 Å². The average Bonchev–Trinajstić information content (AvgIpc) is 2.30. The summed E-state index contributed by atoms with van der Waals surface area (Å²) in [4.78, 5) is 0. The molecule has 0 aliphatic rings. The lowest BCUT2D eigenvalue weighted by atomic mass is 10.1. The predicted molar refractivity (Wildman–Crippen MR) is 71.0 cm³/mol. The first kappa shape index (κ1) is 14.1. The van der Waals surface area contributed by atoms with Gasteiger partial charge in [-0.15, -0.1) is 0 Å². The summed E-state index contributed by atoms with van der Waals surface area (Å²) >= 11 is 11.8. The van der Waals surface area contributed by atoms with E-state index in [0.29, 0.717) is 16.6 Å². The third-order valence-electron chi connectivity index (χ3n) is 2.42. The van der Waals surface area contributed by atoms with Crippen LogP contribution in [0.3, 0.4) is 0 Å². The Morgan fingerprint density at radius 3 is 2.82 bits per heavy atom. The maximum atomic E-state index is 8.48. The molecule has 0 heterocycles. The summed E-state index contributed by atoms with van der Waals surface area (Å²) in [5, 5.41) is 15.8. The van der Waals surface area contributed by atoms with Crippen LogP contribution in [0.15, 0.2) is 23.4 Å². The van der Waals surface area contributed by atoms with Crippen molar-refractivity contribution in [3.05, 3.63) is 33.8 Å². The maximum Gasteiger partial charge on any atom is 0.156 e. The number of benzene rings is 1. The monoisotopic (exact) mass is 275 g/mol. The van der Waals surface area contributed by atoms with Gasteiger partial charge in [-0.05, 0) is 37.6 Å². The van der Waals surface area contributed by atoms with Crippen molar-refractivity contribution in [2.75, 3.05) is 6.54 Å². The molecule has 0 amide bonds. The van der Waals surface area contributed by atoms with Crippen molar-refractivity contribution in [2.24, 2.45) is 10.9 Å². The van der Waals surface area contributed by atoms with Crippen LogP contribution >= 0.6 is 23.2 Å². The van der Waals surface area contributed by atoms with E-state index in [0.717, 1.165) is 12.0 Å². The highest BCUT2D eigenvalue weighted by Crippen LogP contribution is 2.20. The third kappa shape index (κ3) is 4.42. The zero-order valence-corrected chi connectivity index (χ0v) is 11.0. The number of hydrogen-bond donors (Lipinski definition) is 3. The van der Waals surface area contributed by atoms with E-state index in [1.54, 1.807) is 12.1 Å². The van der Waals surface area contributed by atoms with E-state index in [-0.39, 0.29) is 11.9 Å². The number of oxime groups is 1. The summed E-state index contributed by atoms with van der Waals surface area (Å²) < 4.78 is 0. The average molecular weight is 276 g/mol. The summed E-state index contributed by atoms with van der Waals surface area (Å²) in [5.74, 6) is 0.159. The van der Waals surface area contributed by atoms with Gasteiger partial charge in [0.05, 0.1) is 6.04 Å². The first-order chi connectivity index (χ1) is 8.04. The Kier molecular flexibility index (Phi) is 5.55. The quantitative estimate of drug-likeness (QED) is 0.334. The lowest BCUT2D eigenvalue weighted by molar-refractivity contribution is 0.315. The van der Waals surface area contributed by atoms with Crippen molar-refractivity contribution >= 4 is 29.0 Å². The molecule has 0 spiro atoms. The molecule has 1 unspecified atom stereocenters. The lowest BCUT2D eigenvalue weighted by Crippen LogP contribution is -2.39. The highest BCUT2D eigenvalue weighted by Gasteiger charge is 2.07. The van der Waals surface area contributed by atoms with Crippen LogP contribution in [-0.2, 0) is 6.42 Å². The van der Waals surface area contributed by atoms with E-state index in [1.165, 1.54) is 0 Å². The Morgan fingerprint density at radius 2 is 2.24 bits per heavy atom. The number of halogens is 2. The Hall–Kier alpha value is -0.970. The molecule has 4 N–H and O–H groups in total. The highest BCUT2D eigenvalue weighted by molar-refractivity contribution is 6.35. The van der Waals surface area contributed by atoms with Gasteiger partial charge in [0.25, 0.3) is 0 Å². The van der Waals surface area contributed by atoms with Gasteiger partial charge >= 0.3 is 0 Å². The number of nitrogens with zero attached hydrogens (tertiary/aromatic N) is 1. The summed E-state index contributed by atoms with van der Waals surface area (Å²) in [7, 11) is 0. The van der Waals surface area contributed by atoms with Crippen molar-refractivity contribution < 1.29 is 5.21 Å². The van der Waals surface area contributed by atoms with Gasteiger partial charge in [0.1, 0.15) is 0 Å². The van der Waals surface area contributed by atoms with Gasteiger partial charge in [-0.3, -0.25) is 0 Å². The minimum absolute atomic E-state index is 0.159. The molecule has 6 heteroatoms. The van der Waals surface area contributed by atoms with Gasteiger partial charge < -0.3 is 16.3 Å². The molecule has 1 aromatic carbocycles. The van der Waals surface area contributed by atoms with Crippen LogP contribution in [0.5, 0.6) is 0 Å². The van der Waals surface area contributed by atoms with E-state index >= 15 is 0 Å². The molecule has 1 atom stereocenters. The molecule has 0 bridgehead atoms. The van der Waals surface area contributed by atoms with Crippen molar-refractivity contribution in [2.45, 2.75) is 19.4 Å². The normalized spacial score (nSPS) is 13.7. The molecular formula is C11H15Cl2N3O. The van der Waals surface area contributed by atoms with E-state index < -0.39 is 0 Å². The first-order valence-electron chi connectivity index (χ1n) is 5.19. The number of amidine groups is 1. The molecule has 1 rings (SSSR count). The van der Waals surface area contributed by atoms with Crippen molar-refractivity contribution in [3.8, 4) is 0 Å². The van der Waals surface area contributed by atoms with Crippen LogP contribution in [0.25, 0.3) is 0 Å². The fourth-order valence-electron chi connectivity index (χ4n) is 1.34. The van der Waals surface area contributed by atoms with Gasteiger partial charge in [0.15, 0.2) is 5.84 Å². The second-order valence-corrected chi connectivity index (χ2v) is 4.53. The fourth-order valence-corrected chi connectivity index (χ4v) is 1.84. The molecule has 0 saturated carbocycles. The van der Waals surface area contributed by atoms with Gasteiger partial charge in [-0.25, -0.2) is 0 Å². The molecule has 0 aliphatic carbocycles. The Morgan fingerprint density at radius 1 is 1.53 bits per heavy atom. The van der Waals surface area contributed by atoms with Gasteiger partial charge in [0.2, 0.25) is 0 Å². The van der Waals surface area contributed by atoms with Gasteiger partial charge in [-0.1, -0.05) is 34.4 Å². The summed E-state index contributed by atoms with van der Waals surface area (Å²) in [6.07, 6.45) is 0.749. The molecule has 1 aromatic rings. The van der Waals surface area contributed by atoms with Crippen LogP contribution in [0.4, 0.5) is 0 Å². The summed E-state index contributed by atoms with van der Waals surface area (Å²) in [6.45, 7) is 2.50. The van der Waals surface area contributed by atoms with Crippen LogP contribution < -0.4 is 11.1 Å².